The van der Waals surface area contributed by atoms with E-state index in [0.29, 0.717) is 43.1 Å². The average Bonchev–Trinajstić information content (AvgIpc) is 2.89. The molecule has 2 aliphatic rings. The summed E-state index contributed by atoms with van der Waals surface area (Å²) in [6, 6.07) is 12.1. The summed E-state index contributed by atoms with van der Waals surface area (Å²) in [4.78, 5) is 17.7. The molecule has 2 aromatic carbocycles. The Morgan fingerprint density at radius 1 is 0.970 bits per heavy atom. The molecule has 8 heteroatoms. The van der Waals surface area contributed by atoms with Crippen molar-refractivity contribution in [1.29, 1.82) is 5.26 Å². The van der Waals surface area contributed by atoms with Crippen LogP contribution in [0.4, 0.5) is 21.5 Å². The summed E-state index contributed by atoms with van der Waals surface area (Å²) in [5.74, 6) is -0.372. The monoisotopic (exact) mass is 451 g/mol. The van der Waals surface area contributed by atoms with Crippen LogP contribution in [0.5, 0.6) is 0 Å². The molecule has 174 valence electrons. The minimum absolute atomic E-state index is 0.321. The normalized spacial score (nSPS) is 15.9. The zero-order valence-corrected chi connectivity index (χ0v) is 19.0. The Kier molecular flexibility index (Phi) is 8.39. The van der Waals surface area contributed by atoms with Crippen LogP contribution in [0.2, 0.25) is 0 Å². The van der Waals surface area contributed by atoms with Gasteiger partial charge < -0.3 is 19.8 Å². The van der Waals surface area contributed by atoms with Crippen LogP contribution in [0.25, 0.3) is 5.70 Å². The number of hydrogen-bond donors (Lipinski definition) is 1. The molecule has 0 spiro atoms. The number of piperidine rings is 1. The number of anilines is 2. The average molecular weight is 452 g/mol. The van der Waals surface area contributed by atoms with Crippen molar-refractivity contribution >= 4 is 22.8 Å². The van der Waals surface area contributed by atoms with Gasteiger partial charge in [-0.25, -0.2) is 4.39 Å². The van der Waals surface area contributed by atoms with E-state index < -0.39 is 0 Å². The largest absolute Gasteiger partial charge is 0.400 e. The molecule has 2 aromatic rings. The van der Waals surface area contributed by atoms with Crippen molar-refractivity contribution in [1.82, 2.24) is 4.90 Å². The zero-order valence-electron chi connectivity index (χ0n) is 19.0. The first-order valence-corrected chi connectivity index (χ1v) is 11.2. The molecule has 2 aliphatic heterocycles. The Morgan fingerprint density at radius 3 is 2.21 bits per heavy atom. The van der Waals surface area contributed by atoms with Crippen LogP contribution >= 0.6 is 0 Å². The number of nitriles is 1. The number of aliphatic hydroxyl groups excluding tert-OH is 1. The van der Waals surface area contributed by atoms with E-state index in [2.05, 4.69) is 21.6 Å². The van der Waals surface area contributed by atoms with Crippen LogP contribution in [0.15, 0.2) is 48.2 Å². The van der Waals surface area contributed by atoms with E-state index >= 15 is 0 Å². The predicted octanol–water partition coefficient (Wildman–Crippen LogP) is 4.49. The third kappa shape index (κ3) is 5.49. The topological polar surface area (TPSA) is 83.2 Å². The van der Waals surface area contributed by atoms with Crippen molar-refractivity contribution < 1.29 is 9.50 Å². The number of piperazine rings is 1. The maximum Gasteiger partial charge on any atom is 0.147 e. The van der Waals surface area contributed by atoms with Gasteiger partial charge in [0.1, 0.15) is 11.5 Å². The van der Waals surface area contributed by atoms with E-state index in [1.54, 1.807) is 18.2 Å². The van der Waals surface area contributed by atoms with Crippen molar-refractivity contribution in [3.8, 4) is 6.07 Å². The maximum absolute atomic E-state index is 14.4. The van der Waals surface area contributed by atoms with Gasteiger partial charge in [0.2, 0.25) is 0 Å². The first-order valence-electron chi connectivity index (χ1n) is 11.2. The minimum atomic E-state index is -0.372. The summed E-state index contributed by atoms with van der Waals surface area (Å²) in [6.07, 6.45) is 3.57. The highest BCUT2D eigenvalue weighted by atomic mass is 19.1. The Hall–Kier alpha value is -3.44. The van der Waals surface area contributed by atoms with Gasteiger partial charge in [-0.05, 0) is 60.8 Å². The molecule has 33 heavy (non-hydrogen) atoms. The standard InChI is InChI=1S/C24H26FN5O.CH4O/c1-18(21-16-20(27-31)6-8-23(21)29-9-3-2-4-10-29)28-11-13-30(14-12-28)24-7-5-19(17-26)15-22(24)25;1-2/h5-8,15-16H,1-4,9-14H2;2H,1H3. The molecule has 0 atom stereocenters. The second-order valence-corrected chi connectivity index (χ2v) is 8.04. The SMILES string of the molecule is C=C(c1cc(N=O)ccc1N1CCCCC1)N1CCN(c2ccc(C#N)cc2F)CC1.CO. The van der Waals surface area contributed by atoms with E-state index in [-0.39, 0.29) is 5.82 Å². The smallest absolute Gasteiger partial charge is 0.147 e. The molecule has 2 fully saturated rings. The number of halogens is 1. The Bertz CT molecular complexity index is 1020. The second kappa shape index (κ2) is 11.4. The molecule has 0 bridgehead atoms. The number of rotatable bonds is 5. The molecular weight excluding hydrogens is 421 g/mol. The van der Waals surface area contributed by atoms with Crippen molar-refractivity contribution in [2.24, 2.45) is 5.18 Å². The summed E-state index contributed by atoms with van der Waals surface area (Å²) in [5, 5.41) is 19.1. The molecule has 0 aromatic heterocycles. The van der Waals surface area contributed by atoms with E-state index in [1.807, 2.05) is 23.1 Å². The summed E-state index contributed by atoms with van der Waals surface area (Å²) in [6.45, 7) is 9.02. The number of aliphatic hydroxyl groups is 1. The fraction of sp³-hybridized carbons (Fsp3) is 0.400. The van der Waals surface area contributed by atoms with Gasteiger partial charge in [0.15, 0.2) is 0 Å². The summed E-state index contributed by atoms with van der Waals surface area (Å²) >= 11 is 0. The second-order valence-electron chi connectivity index (χ2n) is 8.04. The van der Waals surface area contributed by atoms with Crippen LogP contribution in [-0.2, 0) is 0 Å². The van der Waals surface area contributed by atoms with Crippen molar-refractivity contribution in [2.45, 2.75) is 19.3 Å². The molecule has 7 nitrogen and oxygen atoms in total. The van der Waals surface area contributed by atoms with Crippen molar-refractivity contribution in [2.75, 3.05) is 56.2 Å². The van der Waals surface area contributed by atoms with Crippen LogP contribution in [0, 0.1) is 22.1 Å². The zero-order chi connectivity index (χ0) is 23.8. The van der Waals surface area contributed by atoms with Crippen molar-refractivity contribution in [3.05, 3.63) is 64.8 Å². The third-order valence-corrected chi connectivity index (χ3v) is 6.17. The number of nitrogens with zero attached hydrogens (tertiary/aromatic N) is 5. The molecule has 0 unspecified atom stereocenters. The maximum atomic E-state index is 14.4. The van der Waals surface area contributed by atoms with Gasteiger partial charge >= 0.3 is 0 Å². The number of hydrogen-bond acceptors (Lipinski definition) is 7. The van der Waals surface area contributed by atoms with E-state index in [9.17, 15) is 9.30 Å². The van der Waals surface area contributed by atoms with Gasteiger partial charge in [0, 0.05) is 63.3 Å². The highest BCUT2D eigenvalue weighted by Gasteiger charge is 2.24. The molecule has 1 N–H and O–H groups in total. The Labute approximate surface area is 194 Å². The van der Waals surface area contributed by atoms with Gasteiger partial charge in [-0.1, -0.05) is 6.58 Å². The number of benzene rings is 2. The van der Waals surface area contributed by atoms with Gasteiger partial charge in [0.25, 0.3) is 0 Å². The van der Waals surface area contributed by atoms with E-state index in [4.69, 9.17) is 10.4 Å². The summed E-state index contributed by atoms with van der Waals surface area (Å²) in [5.41, 5.74) is 4.14. The van der Waals surface area contributed by atoms with Crippen LogP contribution < -0.4 is 9.80 Å². The lowest BCUT2D eigenvalue weighted by Crippen LogP contribution is -2.45. The third-order valence-electron chi connectivity index (χ3n) is 6.17. The summed E-state index contributed by atoms with van der Waals surface area (Å²) in [7, 11) is 1.00. The quantitative estimate of drug-likeness (QED) is 0.675. The molecular formula is C25H30FN5O2. The Balaban J connectivity index is 0.00000149. The fourth-order valence-corrected chi connectivity index (χ4v) is 4.44. The lowest BCUT2D eigenvalue weighted by atomic mass is 10.0. The number of nitroso groups, excluding NO2 is 1. The first kappa shape index (κ1) is 24.2. The van der Waals surface area contributed by atoms with Gasteiger partial charge in [-0.2, -0.15) is 5.26 Å². The van der Waals surface area contributed by atoms with E-state index in [0.717, 1.165) is 50.0 Å². The van der Waals surface area contributed by atoms with Crippen LogP contribution in [0.3, 0.4) is 0 Å². The van der Waals surface area contributed by atoms with Crippen LogP contribution in [-0.4, -0.2) is 56.4 Å². The minimum Gasteiger partial charge on any atom is -0.400 e. The highest BCUT2D eigenvalue weighted by molar-refractivity contribution is 5.77. The van der Waals surface area contributed by atoms with Gasteiger partial charge in [-0.3, -0.25) is 0 Å². The van der Waals surface area contributed by atoms with Gasteiger partial charge in [-0.15, -0.1) is 4.91 Å². The predicted molar refractivity (Wildman–Crippen MR) is 130 cm³/mol. The van der Waals surface area contributed by atoms with Crippen LogP contribution in [0.1, 0.15) is 30.4 Å². The van der Waals surface area contributed by atoms with E-state index in [1.165, 1.54) is 12.5 Å². The first-order chi connectivity index (χ1) is 16.1. The fourth-order valence-electron chi connectivity index (χ4n) is 4.44. The van der Waals surface area contributed by atoms with Gasteiger partial charge in [0.05, 0.1) is 17.3 Å². The molecule has 0 aliphatic carbocycles. The molecule has 2 saturated heterocycles. The molecule has 4 rings (SSSR count). The summed E-state index contributed by atoms with van der Waals surface area (Å²) < 4.78 is 14.4. The molecule has 0 radical (unpaired) electrons. The lowest BCUT2D eigenvalue weighted by molar-refractivity contribution is 0.366. The molecule has 2 heterocycles. The highest BCUT2D eigenvalue weighted by Crippen LogP contribution is 2.34. The molecule has 0 amide bonds. The molecule has 0 saturated carbocycles. The Morgan fingerprint density at radius 2 is 1.61 bits per heavy atom. The lowest BCUT2D eigenvalue weighted by Gasteiger charge is -2.39. The van der Waals surface area contributed by atoms with Crippen molar-refractivity contribution in [3.63, 3.8) is 0 Å².